The van der Waals surface area contributed by atoms with Gasteiger partial charge in [0.1, 0.15) is 5.82 Å². The summed E-state index contributed by atoms with van der Waals surface area (Å²) in [6.07, 6.45) is -0.941. The van der Waals surface area contributed by atoms with Gasteiger partial charge in [0.2, 0.25) is 0 Å². The van der Waals surface area contributed by atoms with E-state index >= 15 is 0 Å². The van der Waals surface area contributed by atoms with Crippen molar-refractivity contribution < 1.29 is 18.3 Å². The minimum atomic E-state index is -0.993. The molecule has 0 amide bonds. The van der Waals surface area contributed by atoms with E-state index in [2.05, 4.69) is 0 Å². The molecule has 0 spiro atoms. The summed E-state index contributed by atoms with van der Waals surface area (Å²) in [6, 6.07) is 9.23. The fourth-order valence-electron chi connectivity index (χ4n) is 1.55. The summed E-state index contributed by atoms with van der Waals surface area (Å²) in [5.74, 6) is -2.07. The van der Waals surface area contributed by atoms with Crippen molar-refractivity contribution in [3.05, 3.63) is 65.5 Å². The van der Waals surface area contributed by atoms with Gasteiger partial charge >= 0.3 is 0 Å². The van der Waals surface area contributed by atoms with E-state index in [0.29, 0.717) is 10.5 Å². The maximum atomic E-state index is 13.0. The van der Waals surface area contributed by atoms with Crippen LogP contribution in [0.15, 0.2) is 47.4 Å². The lowest BCUT2D eigenvalue weighted by Crippen LogP contribution is -2.02. The van der Waals surface area contributed by atoms with Crippen molar-refractivity contribution in [3.63, 3.8) is 0 Å². The molecule has 1 atom stereocenters. The fourth-order valence-corrected chi connectivity index (χ4v) is 2.46. The molecule has 1 unspecified atom stereocenters. The summed E-state index contributed by atoms with van der Waals surface area (Å²) < 4.78 is 38.7. The van der Waals surface area contributed by atoms with Gasteiger partial charge in [0, 0.05) is 10.6 Å². The standard InChI is InChI=1S/C14H11F3OS/c15-10-2-1-3-11(7-10)19-8-14(18)9-4-5-12(16)13(17)6-9/h1-7,14,18H,8H2. The summed E-state index contributed by atoms with van der Waals surface area (Å²) in [4.78, 5) is 0.668. The predicted octanol–water partition coefficient (Wildman–Crippen LogP) is 3.93. The Morgan fingerprint density at radius 1 is 1.00 bits per heavy atom. The lowest BCUT2D eigenvalue weighted by molar-refractivity contribution is 0.203. The van der Waals surface area contributed by atoms with Crippen molar-refractivity contribution in [1.82, 2.24) is 0 Å². The molecule has 0 radical (unpaired) electrons. The zero-order valence-corrected chi connectivity index (χ0v) is 10.6. The van der Waals surface area contributed by atoms with Gasteiger partial charge in [-0.15, -0.1) is 11.8 Å². The maximum Gasteiger partial charge on any atom is 0.159 e. The third-order valence-electron chi connectivity index (χ3n) is 2.53. The van der Waals surface area contributed by atoms with Crippen LogP contribution in [0.5, 0.6) is 0 Å². The first kappa shape index (κ1) is 14.0. The Balaban J connectivity index is 2.01. The normalized spacial score (nSPS) is 12.4. The summed E-state index contributed by atoms with van der Waals surface area (Å²) in [6.45, 7) is 0. The number of thioether (sulfide) groups is 1. The molecule has 1 N–H and O–H groups in total. The molecule has 100 valence electrons. The van der Waals surface area contributed by atoms with Crippen LogP contribution in [0.2, 0.25) is 0 Å². The smallest absolute Gasteiger partial charge is 0.159 e. The number of aliphatic hydroxyl groups is 1. The van der Waals surface area contributed by atoms with E-state index in [1.54, 1.807) is 12.1 Å². The Labute approximate surface area is 113 Å². The van der Waals surface area contributed by atoms with E-state index < -0.39 is 17.7 Å². The van der Waals surface area contributed by atoms with Gasteiger partial charge in [-0.2, -0.15) is 0 Å². The number of rotatable bonds is 4. The van der Waals surface area contributed by atoms with Crippen molar-refractivity contribution in [3.8, 4) is 0 Å². The number of halogens is 3. The minimum Gasteiger partial charge on any atom is -0.388 e. The molecule has 0 aliphatic carbocycles. The summed E-state index contributed by atoms with van der Waals surface area (Å²) in [7, 11) is 0. The number of benzene rings is 2. The number of hydrogen-bond donors (Lipinski definition) is 1. The van der Waals surface area contributed by atoms with Gasteiger partial charge in [0.05, 0.1) is 6.10 Å². The topological polar surface area (TPSA) is 20.2 Å². The zero-order chi connectivity index (χ0) is 13.8. The SMILES string of the molecule is OC(CSc1cccc(F)c1)c1ccc(F)c(F)c1. The summed E-state index contributed by atoms with van der Waals surface area (Å²) in [5.41, 5.74) is 0.294. The van der Waals surface area contributed by atoms with E-state index in [-0.39, 0.29) is 11.6 Å². The quantitative estimate of drug-likeness (QED) is 0.858. The van der Waals surface area contributed by atoms with Crippen LogP contribution in [-0.4, -0.2) is 10.9 Å². The maximum absolute atomic E-state index is 13.0. The Morgan fingerprint density at radius 3 is 2.47 bits per heavy atom. The average molecular weight is 284 g/mol. The lowest BCUT2D eigenvalue weighted by Gasteiger charge is -2.11. The molecule has 2 rings (SSSR count). The number of hydrogen-bond acceptors (Lipinski definition) is 2. The molecule has 0 aliphatic rings. The van der Waals surface area contributed by atoms with Crippen LogP contribution >= 0.6 is 11.8 Å². The van der Waals surface area contributed by atoms with Gasteiger partial charge in [-0.25, -0.2) is 13.2 Å². The second-order valence-corrected chi connectivity index (χ2v) is 5.05. The lowest BCUT2D eigenvalue weighted by atomic mass is 10.1. The zero-order valence-electron chi connectivity index (χ0n) is 9.82. The van der Waals surface area contributed by atoms with Gasteiger partial charge < -0.3 is 5.11 Å². The highest BCUT2D eigenvalue weighted by molar-refractivity contribution is 7.99. The summed E-state index contributed by atoms with van der Waals surface area (Å²) in [5, 5.41) is 9.86. The molecule has 2 aromatic carbocycles. The van der Waals surface area contributed by atoms with Crippen LogP contribution in [0.25, 0.3) is 0 Å². The Bertz CT molecular complexity index is 574. The molecule has 5 heteroatoms. The van der Waals surface area contributed by atoms with Crippen molar-refractivity contribution in [1.29, 1.82) is 0 Å². The second kappa shape index (κ2) is 6.12. The van der Waals surface area contributed by atoms with Crippen LogP contribution in [0.4, 0.5) is 13.2 Å². The highest BCUT2D eigenvalue weighted by atomic mass is 32.2. The highest BCUT2D eigenvalue weighted by Crippen LogP contribution is 2.25. The van der Waals surface area contributed by atoms with Gasteiger partial charge in [-0.3, -0.25) is 0 Å². The largest absolute Gasteiger partial charge is 0.388 e. The van der Waals surface area contributed by atoms with Gasteiger partial charge in [-0.1, -0.05) is 12.1 Å². The van der Waals surface area contributed by atoms with Gasteiger partial charge in [0.15, 0.2) is 11.6 Å². The molecule has 0 heterocycles. The van der Waals surface area contributed by atoms with Crippen LogP contribution in [0.3, 0.4) is 0 Å². The van der Waals surface area contributed by atoms with Crippen LogP contribution in [-0.2, 0) is 0 Å². The van der Waals surface area contributed by atoms with E-state index in [9.17, 15) is 18.3 Å². The Hall–Kier alpha value is -1.46. The van der Waals surface area contributed by atoms with Crippen molar-refractivity contribution in [2.24, 2.45) is 0 Å². The molecule has 0 bridgehead atoms. The summed E-state index contributed by atoms with van der Waals surface area (Å²) >= 11 is 1.24. The molecule has 0 aromatic heterocycles. The molecule has 0 fully saturated rings. The first-order valence-electron chi connectivity index (χ1n) is 5.57. The molecule has 19 heavy (non-hydrogen) atoms. The van der Waals surface area contributed by atoms with Gasteiger partial charge in [0.25, 0.3) is 0 Å². The average Bonchev–Trinajstić information content (AvgIpc) is 2.39. The molecule has 0 saturated carbocycles. The first-order chi connectivity index (χ1) is 9.06. The van der Waals surface area contributed by atoms with Crippen LogP contribution < -0.4 is 0 Å². The van der Waals surface area contributed by atoms with Crippen LogP contribution in [0, 0.1) is 17.5 Å². The van der Waals surface area contributed by atoms with Crippen molar-refractivity contribution in [2.75, 3.05) is 5.75 Å². The Kier molecular flexibility index (Phi) is 4.50. The molecular formula is C14H11F3OS. The molecule has 0 saturated heterocycles. The molecule has 1 nitrogen and oxygen atoms in total. The molecule has 2 aromatic rings. The third kappa shape index (κ3) is 3.75. The van der Waals surface area contributed by atoms with E-state index in [1.165, 1.54) is 30.0 Å². The van der Waals surface area contributed by atoms with Gasteiger partial charge in [-0.05, 0) is 35.9 Å². The van der Waals surface area contributed by atoms with Crippen molar-refractivity contribution >= 4 is 11.8 Å². The molecular weight excluding hydrogens is 273 g/mol. The highest BCUT2D eigenvalue weighted by Gasteiger charge is 2.11. The fraction of sp³-hybridized carbons (Fsp3) is 0.143. The minimum absolute atomic E-state index is 0.231. The molecule has 0 aliphatic heterocycles. The third-order valence-corrected chi connectivity index (χ3v) is 3.60. The van der Waals surface area contributed by atoms with Crippen molar-refractivity contribution in [2.45, 2.75) is 11.0 Å². The Morgan fingerprint density at radius 2 is 1.79 bits per heavy atom. The predicted molar refractivity (Wildman–Crippen MR) is 68.4 cm³/mol. The van der Waals surface area contributed by atoms with E-state index in [1.807, 2.05) is 0 Å². The second-order valence-electron chi connectivity index (χ2n) is 3.96. The first-order valence-corrected chi connectivity index (χ1v) is 6.56. The van der Waals surface area contributed by atoms with Crippen LogP contribution in [0.1, 0.15) is 11.7 Å². The van der Waals surface area contributed by atoms with E-state index in [4.69, 9.17) is 0 Å². The monoisotopic (exact) mass is 284 g/mol. The van der Waals surface area contributed by atoms with E-state index in [0.717, 1.165) is 12.1 Å². The number of aliphatic hydroxyl groups excluding tert-OH is 1.